The molecule has 0 unspecified atom stereocenters. The van der Waals surface area contributed by atoms with Crippen molar-refractivity contribution in [3.05, 3.63) is 130 Å². The molecule has 11 nitrogen and oxygen atoms in total. The van der Waals surface area contributed by atoms with E-state index in [2.05, 4.69) is 20.8 Å². The maximum absolute atomic E-state index is 13.9. The van der Waals surface area contributed by atoms with E-state index >= 15 is 0 Å². The summed E-state index contributed by atoms with van der Waals surface area (Å²) >= 11 is 6.27. The number of sulfonamides is 1. The van der Waals surface area contributed by atoms with Gasteiger partial charge in [0.15, 0.2) is 0 Å². The third-order valence-electron chi connectivity index (χ3n) is 8.41. The number of hydrogen-bond acceptors (Lipinski definition) is 9. The van der Waals surface area contributed by atoms with Crippen molar-refractivity contribution in [3.8, 4) is 11.5 Å². The number of carbonyl (C=O) groups excluding carboxylic acids is 1. The second kappa shape index (κ2) is 16.2. The maximum Gasteiger partial charge on any atom is 0.243 e. The normalized spacial score (nSPS) is 11.5. The summed E-state index contributed by atoms with van der Waals surface area (Å²) in [6.07, 6.45) is -0.167. The highest BCUT2D eigenvalue weighted by atomic mass is 35.5. The van der Waals surface area contributed by atoms with E-state index in [-0.39, 0.29) is 49.0 Å². The lowest BCUT2D eigenvalue weighted by atomic mass is 10.1. The zero-order valence-corrected chi connectivity index (χ0v) is 30.1. The number of fused-ring (bicyclic) bond motifs is 2. The van der Waals surface area contributed by atoms with E-state index in [1.807, 2.05) is 61.5 Å². The van der Waals surface area contributed by atoms with E-state index in [1.165, 1.54) is 41.7 Å². The Kier molecular flexibility index (Phi) is 11.3. The molecule has 5 aromatic carbocycles. The second-order valence-corrected chi connectivity index (χ2v) is 14.4. The Morgan fingerprint density at radius 3 is 2.44 bits per heavy atom. The Balaban J connectivity index is 1.17. The zero-order chi connectivity index (χ0) is 36.7. The van der Waals surface area contributed by atoms with Crippen molar-refractivity contribution in [1.29, 1.82) is 0 Å². The highest BCUT2D eigenvalue weighted by Gasteiger charge is 2.25. The molecule has 0 atom stereocenters. The number of methoxy groups -OCH3 is 1. The number of aryl methyl sites for hydroxylation is 1. The number of hydrogen-bond donors (Lipinski definition) is 2. The number of aromatic nitrogens is 1. The predicted octanol–water partition coefficient (Wildman–Crippen LogP) is 8.47. The van der Waals surface area contributed by atoms with Crippen LogP contribution in [0.25, 0.3) is 21.7 Å². The van der Waals surface area contributed by atoms with Crippen LogP contribution in [0, 0.1) is 11.8 Å². The van der Waals surface area contributed by atoms with Gasteiger partial charge in [-0.15, -0.1) is 4.91 Å². The summed E-state index contributed by atoms with van der Waals surface area (Å²) in [7, 11) is -2.53. The van der Waals surface area contributed by atoms with Gasteiger partial charge in [0, 0.05) is 53.9 Å². The van der Waals surface area contributed by atoms with Crippen LogP contribution >= 0.6 is 11.6 Å². The van der Waals surface area contributed by atoms with E-state index in [9.17, 15) is 18.1 Å². The fraction of sp³-hybridized carbons (Fsp3) is 0.179. The summed E-state index contributed by atoms with van der Waals surface area (Å²) in [5.74, 6) is 0.320. The largest absolute Gasteiger partial charge is 0.497 e. The number of nitrogens with zero attached hydrogens (tertiary/aromatic N) is 3. The number of nitrogens with one attached hydrogen (secondary N) is 2. The third-order valence-corrected chi connectivity index (χ3v) is 10.6. The molecular formula is C39H36ClN5O6S. The SMILES string of the molecule is COc1ccc(S(=O)(=O)N(CCNc2cc(C)nc3ccc(Cl)cc23)CCC(=O)Nc2ccc(N=O)cc2OCc2ccc3ccccc3c2)cc1. The van der Waals surface area contributed by atoms with Crippen molar-refractivity contribution in [2.75, 3.05) is 37.4 Å². The van der Waals surface area contributed by atoms with Crippen LogP contribution in [0.4, 0.5) is 17.1 Å². The molecule has 0 fully saturated rings. The molecule has 1 amide bonds. The molecule has 0 aliphatic carbocycles. The van der Waals surface area contributed by atoms with Gasteiger partial charge in [0.2, 0.25) is 15.9 Å². The van der Waals surface area contributed by atoms with Gasteiger partial charge in [0.1, 0.15) is 23.8 Å². The highest BCUT2D eigenvalue weighted by Crippen LogP contribution is 2.31. The van der Waals surface area contributed by atoms with Gasteiger partial charge in [-0.1, -0.05) is 48.0 Å². The minimum Gasteiger partial charge on any atom is -0.497 e. The van der Waals surface area contributed by atoms with E-state index < -0.39 is 15.9 Å². The van der Waals surface area contributed by atoms with Gasteiger partial charge in [0.25, 0.3) is 0 Å². The fourth-order valence-electron chi connectivity index (χ4n) is 5.76. The van der Waals surface area contributed by atoms with Gasteiger partial charge >= 0.3 is 0 Å². The number of carbonyl (C=O) groups is 1. The first kappa shape index (κ1) is 36.2. The van der Waals surface area contributed by atoms with Crippen LogP contribution in [-0.2, 0) is 21.4 Å². The van der Waals surface area contributed by atoms with Gasteiger partial charge in [-0.05, 0) is 95.2 Å². The van der Waals surface area contributed by atoms with Crippen LogP contribution < -0.4 is 20.1 Å². The second-order valence-electron chi connectivity index (χ2n) is 12.0. The molecular weight excluding hydrogens is 702 g/mol. The standard InChI is InChI=1S/C39H36ClN5O6S/c1-26-21-37(34-23-30(40)9-15-35(34)42-26)41-18-20-45(52(48,49)33-13-11-32(50-2)12-14-33)19-17-39(46)43-36-16-10-31(44-47)24-38(36)51-25-27-7-8-28-5-3-4-6-29(28)22-27/h3-16,21-24H,17-20,25H2,1-2H3,(H,41,42)(H,43,46). The average molecular weight is 738 g/mol. The smallest absolute Gasteiger partial charge is 0.243 e. The fourth-order valence-corrected chi connectivity index (χ4v) is 7.37. The summed E-state index contributed by atoms with van der Waals surface area (Å²) in [6, 6.07) is 31.7. The van der Waals surface area contributed by atoms with Crippen molar-refractivity contribution in [1.82, 2.24) is 9.29 Å². The molecule has 13 heteroatoms. The minimum absolute atomic E-state index is 0.0465. The topological polar surface area (TPSA) is 139 Å². The number of nitroso groups, excluding NO2 is 1. The molecule has 0 bridgehead atoms. The number of benzene rings is 5. The van der Waals surface area contributed by atoms with Crippen molar-refractivity contribution in [2.45, 2.75) is 24.8 Å². The lowest BCUT2D eigenvalue weighted by Crippen LogP contribution is -2.37. The van der Waals surface area contributed by atoms with Crippen molar-refractivity contribution in [3.63, 3.8) is 0 Å². The van der Waals surface area contributed by atoms with Crippen LogP contribution in [0.1, 0.15) is 17.7 Å². The Morgan fingerprint density at radius 2 is 1.67 bits per heavy atom. The van der Waals surface area contributed by atoms with Crippen LogP contribution in [-0.4, -0.2) is 50.4 Å². The maximum atomic E-state index is 13.9. The van der Waals surface area contributed by atoms with Crippen LogP contribution in [0.2, 0.25) is 5.02 Å². The summed E-state index contributed by atoms with van der Waals surface area (Å²) in [6.45, 7) is 2.21. The Labute approximate surface area is 306 Å². The molecule has 0 saturated heterocycles. The van der Waals surface area contributed by atoms with Crippen LogP contribution in [0.15, 0.2) is 119 Å². The lowest BCUT2D eigenvalue weighted by molar-refractivity contribution is -0.116. The molecule has 0 saturated carbocycles. The van der Waals surface area contributed by atoms with Gasteiger partial charge in [-0.25, -0.2) is 8.42 Å². The molecule has 1 aromatic heterocycles. The average Bonchev–Trinajstić information content (AvgIpc) is 3.15. The first-order valence-electron chi connectivity index (χ1n) is 16.5. The van der Waals surface area contributed by atoms with Gasteiger partial charge in [-0.3, -0.25) is 9.78 Å². The molecule has 0 aliphatic rings. The van der Waals surface area contributed by atoms with E-state index in [0.717, 1.165) is 38.6 Å². The predicted molar refractivity (Wildman–Crippen MR) is 205 cm³/mol. The van der Waals surface area contributed by atoms with Crippen molar-refractivity contribution >= 4 is 66.3 Å². The number of ether oxygens (including phenoxy) is 2. The summed E-state index contributed by atoms with van der Waals surface area (Å²) < 4.78 is 40.4. The lowest BCUT2D eigenvalue weighted by Gasteiger charge is -2.23. The van der Waals surface area contributed by atoms with Gasteiger partial charge in [-0.2, -0.15) is 4.31 Å². The number of halogens is 1. The quantitative estimate of drug-likeness (QED) is 0.100. The van der Waals surface area contributed by atoms with E-state index in [0.29, 0.717) is 16.5 Å². The molecule has 0 aliphatic heterocycles. The molecule has 0 spiro atoms. The summed E-state index contributed by atoms with van der Waals surface area (Å²) in [4.78, 5) is 29.3. The number of anilines is 2. The molecule has 52 heavy (non-hydrogen) atoms. The number of pyridine rings is 1. The van der Waals surface area contributed by atoms with Crippen LogP contribution in [0.3, 0.4) is 0 Å². The van der Waals surface area contributed by atoms with Gasteiger partial charge in [0.05, 0.1) is 23.2 Å². The summed E-state index contributed by atoms with van der Waals surface area (Å²) in [5.41, 5.74) is 3.65. The zero-order valence-electron chi connectivity index (χ0n) is 28.5. The first-order valence-corrected chi connectivity index (χ1v) is 18.3. The molecule has 6 aromatic rings. The first-order chi connectivity index (χ1) is 25.1. The monoisotopic (exact) mass is 737 g/mol. The molecule has 1 heterocycles. The van der Waals surface area contributed by atoms with E-state index in [1.54, 1.807) is 24.3 Å². The molecule has 266 valence electrons. The highest BCUT2D eigenvalue weighted by molar-refractivity contribution is 7.89. The van der Waals surface area contributed by atoms with Crippen molar-refractivity contribution < 1.29 is 22.7 Å². The van der Waals surface area contributed by atoms with E-state index in [4.69, 9.17) is 21.1 Å². The molecule has 2 N–H and O–H groups in total. The Morgan fingerprint density at radius 1 is 0.885 bits per heavy atom. The minimum atomic E-state index is -4.03. The third kappa shape index (κ3) is 8.65. The molecule has 6 rings (SSSR count). The van der Waals surface area contributed by atoms with Crippen molar-refractivity contribution in [2.24, 2.45) is 5.18 Å². The van der Waals surface area contributed by atoms with Gasteiger partial charge < -0.3 is 20.1 Å². The number of amides is 1. The number of rotatable bonds is 15. The summed E-state index contributed by atoms with van der Waals surface area (Å²) in [5, 5.41) is 12.7. The van der Waals surface area contributed by atoms with Crippen LogP contribution in [0.5, 0.6) is 11.5 Å². The Hall–Kier alpha value is -5.56. The molecule has 0 radical (unpaired) electrons. The Bertz CT molecular complexity index is 2350.